The van der Waals surface area contributed by atoms with Crippen molar-refractivity contribution in [1.29, 1.82) is 0 Å². The summed E-state index contributed by atoms with van der Waals surface area (Å²) in [5, 5.41) is 4.79. The van der Waals surface area contributed by atoms with E-state index in [0.717, 1.165) is 4.31 Å². The van der Waals surface area contributed by atoms with Crippen molar-refractivity contribution in [1.82, 2.24) is 4.31 Å². The Morgan fingerprint density at radius 3 is 2.13 bits per heavy atom. The molecule has 92 valence electrons. The maximum atomic E-state index is 11.6. The molecule has 0 bridgehead atoms. The van der Waals surface area contributed by atoms with Crippen molar-refractivity contribution in [3.05, 3.63) is 0 Å². The van der Waals surface area contributed by atoms with Crippen LogP contribution in [0.15, 0.2) is 0 Å². The van der Waals surface area contributed by atoms with E-state index in [9.17, 15) is 21.6 Å². The lowest BCUT2D eigenvalue weighted by molar-refractivity contribution is -0.324. The highest BCUT2D eigenvalue weighted by atomic mass is 32.2. The van der Waals surface area contributed by atoms with E-state index in [0.29, 0.717) is 0 Å². The lowest BCUT2D eigenvalue weighted by atomic mass is 10.4. The molecule has 0 heterocycles. The maximum Gasteiger partial charge on any atom is 0.522 e. The van der Waals surface area contributed by atoms with Gasteiger partial charge in [0.1, 0.15) is 0 Å². The molecular weight excluding hydrogens is 237 g/mol. The molecule has 0 aromatic rings. The normalized spacial score (nSPS) is 13.9. The molecule has 0 saturated heterocycles. The molecule has 0 aliphatic heterocycles. The highest BCUT2D eigenvalue weighted by Crippen LogP contribution is 2.16. The van der Waals surface area contributed by atoms with Gasteiger partial charge in [-0.05, 0) is 13.8 Å². The summed E-state index contributed by atoms with van der Waals surface area (Å²) in [4.78, 5) is 0. The summed E-state index contributed by atoms with van der Waals surface area (Å²) in [5.41, 5.74) is 0. The molecule has 0 aromatic heterocycles. The van der Waals surface area contributed by atoms with E-state index >= 15 is 0 Å². The van der Waals surface area contributed by atoms with Crippen molar-refractivity contribution in [2.75, 3.05) is 13.2 Å². The summed E-state index contributed by atoms with van der Waals surface area (Å²) in [7, 11) is -4.00. The Morgan fingerprint density at radius 1 is 1.40 bits per heavy atom. The maximum absolute atomic E-state index is 11.6. The zero-order valence-electron chi connectivity index (χ0n) is 8.28. The lowest BCUT2D eigenvalue weighted by Crippen LogP contribution is -2.43. The van der Waals surface area contributed by atoms with Gasteiger partial charge in [0, 0.05) is 12.6 Å². The number of halogens is 3. The van der Waals surface area contributed by atoms with E-state index in [1.54, 1.807) is 0 Å². The molecule has 0 unspecified atom stereocenters. The molecule has 0 fully saturated rings. The van der Waals surface area contributed by atoms with Gasteiger partial charge in [0.15, 0.2) is 0 Å². The SMILES string of the molecule is CC(C)N(CCOC(F)(F)F)S(N)(=O)=O. The molecule has 0 aromatic carbocycles. The highest BCUT2D eigenvalue weighted by Gasteiger charge is 2.30. The average Bonchev–Trinajstić information content (AvgIpc) is 1.92. The van der Waals surface area contributed by atoms with Crippen molar-refractivity contribution >= 4 is 10.2 Å². The zero-order valence-corrected chi connectivity index (χ0v) is 9.10. The van der Waals surface area contributed by atoms with Crippen molar-refractivity contribution in [3.63, 3.8) is 0 Å². The lowest BCUT2D eigenvalue weighted by Gasteiger charge is -2.23. The summed E-state index contributed by atoms with van der Waals surface area (Å²) in [5.74, 6) is 0. The van der Waals surface area contributed by atoms with Crippen LogP contribution in [-0.2, 0) is 14.9 Å². The van der Waals surface area contributed by atoms with Crippen LogP contribution in [-0.4, -0.2) is 38.3 Å². The third-order valence-corrected chi connectivity index (χ3v) is 2.74. The van der Waals surface area contributed by atoms with E-state index in [1.807, 2.05) is 0 Å². The minimum Gasteiger partial charge on any atom is -0.291 e. The minimum atomic E-state index is -4.76. The third-order valence-electron chi connectivity index (χ3n) is 1.48. The van der Waals surface area contributed by atoms with Crippen molar-refractivity contribution < 1.29 is 26.3 Å². The Kier molecular flexibility index (Phi) is 4.97. The molecule has 9 heteroatoms. The first kappa shape index (κ1) is 14.6. The van der Waals surface area contributed by atoms with Gasteiger partial charge in [-0.3, -0.25) is 4.74 Å². The second-order valence-corrected chi connectivity index (χ2v) is 4.54. The molecule has 0 saturated carbocycles. The summed E-state index contributed by atoms with van der Waals surface area (Å²) in [6.45, 7) is 1.78. The molecule has 0 aliphatic rings. The Balaban J connectivity index is 4.23. The Hall–Kier alpha value is -0.380. The summed E-state index contributed by atoms with van der Waals surface area (Å²) < 4.78 is 60.7. The van der Waals surface area contributed by atoms with Crippen LogP contribution in [0.5, 0.6) is 0 Å². The zero-order chi connectivity index (χ0) is 12.3. The molecule has 15 heavy (non-hydrogen) atoms. The fourth-order valence-electron chi connectivity index (χ4n) is 0.931. The molecule has 2 N–H and O–H groups in total. The number of hydrogen-bond acceptors (Lipinski definition) is 3. The Morgan fingerprint density at radius 2 is 1.87 bits per heavy atom. The third kappa shape index (κ3) is 6.66. The van der Waals surface area contributed by atoms with Crippen LogP contribution in [0.3, 0.4) is 0 Å². The molecule has 0 amide bonds. The minimum absolute atomic E-state index is 0.435. The van der Waals surface area contributed by atoms with Gasteiger partial charge in [0.25, 0.3) is 10.2 Å². The Bertz CT molecular complexity index is 288. The van der Waals surface area contributed by atoms with Crippen LogP contribution in [0.2, 0.25) is 0 Å². The van der Waals surface area contributed by atoms with Crippen LogP contribution < -0.4 is 5.14 Å². The quantitative estimate of drug-likeness (QED) is 0.769. The molecule has 0 rings (SSSR count). The van der Waals surface area contributed by atoms with Gasteiger partial charge in [-0.15, -0.1) is 13.2 Å². The standard InChI is InChI=1S/C6H13F3N2O3S/c1-5(2)11(15(10,12)13)3-4-14-6(7,8)9/h5H,3-4H2,1-2H3,(H2,10,12,13). The predicted molar refractivity (Wildman–Crippen MR) is 47.0 cm³/mol. The number of alkyl halides is 3. The monoisotopic (exact) mass is 250 g/mol. The average molecular weight is 250 g/mol. The van der Waals surface area contributed by atoms with Gasteiger partial charge in [-0.1, -0.05) is 0 Å². The van der Waals surface area contributed by atoms with Gasteiger partial charge in [0.05, 0.1) is 6.61 Å². The number of rotatable bonds is 5. The van der Waals surface area contributed by atoms with Gasteiger partial charge < -0.3 is 0 Å². The van der Waals surface area contributed by atoms with Crippen LogP contribution in [0, 0.1) is 0 Å². The first-order valence-corrected chi connectivity index (χ1v) is 5.54. The summed E-state index contributed by atoms with van der Waals surface area (Å²) in [6.07, 6.45) is -4.76. The second-order valence-electron chi connectivity index (χ2n) is 3.04. The number of hydrogen-bond donors (Lipinski definition) is 1. The largest absolute Gasteiger partial charge is 0.522 e. The predicted octanol–water partition coefficient (Wildman–Crippen LogP) is 0.437. The smallest absolute Gasteiger partial charge is 0.291 e. The van der Waals surface area contributed by atoms with Gasteiger partial charge >= 0.3 is 6.36 Å². The molecule has 0 atom stereocenters. The van der Waals surface area contributed by atoms with Crippen molar-refractivity contribution in [2.24, 2.45) is 5.14 Å². The molecule has 0 radical (unpaired) electrons. The van der Waals surface area contributed by atoms with Crippen molar-refractivity contribution in [2.45, 2.75) is 26.3 Å². The van der Waals surface area contributed by atoms with E-state index in [1.165, 1.54) is 13.8 Å². The fraction of sp³-hybridized carbons (Fsp3) is 1.00. The first-order chi connectivity index (χ1) is 6.54. The van der Waals surface area contributed by atoms with Crippen LogP contribution in [0.25, 0.3) is 0 Å². The number of nitrogens with two attached hydrogens (primary N) is 1. The summed E-state index contributed by atoms with van der Waals surface area (Å²) in [6, 6.07) is -0.517. The van der Waals surface area contributed by atoms with E-state index in [4.69, 9.17) is 5.14 Å². The van der Waals surface area contributed by atoms with E-state index < -0.39 is 35.8 Å². The van der Waals surface area contributed by atoms with Crippen molar-refractivity contribution in [3.8, 4) is 0 Å². The van der Waals surface area contributed by atoms with Crippen LogP contribution in [0.1, 0.15) is 13.8 Å². The molecule has 0 spiro atoms. The Labute approximate surface area is 86.2 Å². The highest BCUT2D eigenvalue weighted by molar-refractivity contribution is 7.86. The summed E-state index contributed by atoms with van der Waals surface area (Å²) >= 11 is 0. The van der Waals surface area contributed by atoms with E-state index in [-0.39, 0.29) is 0 Å². The van der Waals surface area contributed by atoms with Crippen LogP contribution in [0.4, 0.5) is 13.2 Å². The van der Waals surface area contributed by atoms with Crippen LogP contribution >= 0.6 is 0 Å². The van der Waals surface area contributed by atoms with Gasteiger partial charge in [0.2, 0.25) is 0 Å². The molecule has 5 nitrogen and oxygen atoms in total. The fourth-order valence-corrected chi connectivity index (χ4v) is 1.85. The topological polar surface area (TPSA) is 72.6 Å². The number of nitrogens with zero attached hydrogens (tertiary/aromatic N) is 1. The van der Waals surface area contributed by atoms with Gasteiger partial charge in [-0.25, -0.2) is 5.14 Å². The van der Waals surface area contributed by atoms with Gasteiger partial charge in [-0.2, -0.15) is 12.7 Å². The number of ether oxygens (including phenoxy) is 1. The van der Waals surface area contributed by atoms with E-state index in [2.05, 4.69) is 4.74 Å². The first-order valence-electron chi connectivity index (χ1n) is 4.04. The molecule has 0 aliphatic carbocycles. The second kappa shape index (κ2) is 5.10. The molecular formula is C6H13F3N2O3S.